The molecule has 0 aromatic heterocycles. The van der Waals surface area contributed by atoms with Gasteiger partial charge in [0.05, 0.1) is 29.9 Å². The van der Waals surface area contributed by atoms with Gasteiger partial charge in [0.2, 0.25) is 0 Å². The summed E-state index contributed by atoms with van der Waals surface area (Å²) < 4.78 is 48.6. The molecule has 3 aromatic rings. The largest absolute Gasteiger partial charge is 0.496 e. The van der Waals surface area contributed by atoms with Crippen molar-refractivity contribution in [1.29, 1.82) is 5.26 Å². The first-order valence-electron chi connectivity index (χ1n) is 9.06. The number of hydrogen-bond donors (Lipinski definition) is 0. The van der Waals surface area contributed by atoms with Crippen molar-refractivity contribution < 1.29 is 27.4 Å². The molecule has 0 bridgehead atoms. The summed E-state index contributed by atoms with van der Waals surface area (Å²) in [7, 11) is 1.51. The smallest absolute Gasteiger partial charge is 0.416 e. The molecule has 156 valence electrons. The van der Waals surface area contributed by atoms with Crippen LogP contribution in [0.25, 0.3) is 11.6 Å². The van der Waals surface area contributed by atoms with Gasteiger partial charge in [0.15, 0.2) is 0 Å². The fourth-order valence-corrected chi connectivity index (χ4v) is 2.83. The molecule has 7 heteroatoms. The Bertz CT molecular complexity index is 1160. The molecular weight excluding hydrogens is 407 g/mol. The minimum absolute atomic E-state index is 0.0133. The van der Waals surface area contributed by atoms with Gasteiger partial charge >= 0.3 is 12.1 Å². The number of carbonyl (C=O) groups is 1. The number of carbonyl (C=O) groups excluding carboxylic acids is 1. The molecule has 3 rings (SSSR count). The normalized spacial score (nSPS) is 11.5. The molecule has 0 amide bonds. The van der Waals surface area contributed by atoms with Gasteiger partial charge in [-0.25, -0.2) is 4.79 Å². The Kier molecular flexibility index (Phi) is 6.41. The van der Waals surface area contributed by atoms with Crippen LogP contribution in [0.15, 0.2) is 72.8 Å². The Balaban J connectivity index is 1.82. The maximum Gasteiger partial charge on any atom is 0.416 e. The minimum Gasteiger partial charge on any atom is -0.496 e. The van der Waals surface area contributed by atoms with Gasteiger partial charge in [0.25, 0.3) is 0 Å². The van der Waals surface area contributed by atoms with Crippen molar-refractivity contribution in [1.82, 2.24) is 0 Å². The predicted molar refractivity (Wildman–Crippen MR) is 109 cm³/mol. The molecule has 0 aliphatic carbocycles. The molecule has 0 spiro atoms. The summed E-state index contributed by atoms with van der Waals surface area (Å²) in [6.45, 7) is 0. The Morgan fingerprint density at radius 3 is 2.35 bits per heavy atom. The van der Waals surface area contributed by atoms with Crippen LogP contribution in [-0.2, 0) is 6.18 Å². The number of allylic oxidation sites excluding steroid dienone is 1. The van der Waals surface area contributed by atoms with Crippen molar-refractivity contribution in [3.05, 3.63) is 95.1 Å². The van der Waals surface area contributed by atoms with Gasteiger partial charge in [-0.15, -0.1) is 0 Å². The SMILES string of the molecule is COc1ccccc1/C(C#N)=C\c1cccc(OC(=O)c2ccc(C(F)(F)F)cc2)c1. The van der Waals surface area contributed by atoms with Crippen LogP contribution in [0.3, 0.4) is 0 Å². The third-order valence-electron chi connectivity index (χ3n) is 4.35. The number of nitrogens with zero attached hydrogens (tertiary/aromatic N) is 1. The zero-order valence-electron chi connectivity index (χ0n) is 16.3. The summed E-state index contributed by atoms with van der Waals surface area (Å²) in [6.07, 6.45) is -2.86. The second kappa shape index (κ2) is 9.18. The number of benzene rings is 3. The summed E-state index contributed by atoms with van der Waals surface area (Å²) in [5.74, 6) is -0.0590. The van der Waals surface area contributed by atoms with Crippen LogP contribution >= 0.6 is 0 Å². The molecule has 0 unspecified atom stereocenters. The van der Waals surface area contributed by atoms with E-state index >= 15 is 0 Å². The molecule has 31 heavy (non-hydrogen) atoms. The maximum atomic E-state index is 12.7. The van der Waals surface area contributed by atoms with Gasteiger partial charge < -0.3 is 9.47 Å². The van der Waals surface area contributed by atoms with E-state index in [-0.39, 0.29) is 11.3 Å². The lowest BCUT2D eigenvalue weighted by Gasteiger charge is -2.09. The number of rotatable bonds is 5. The van der Waals surface area contributed by atoms with Crippen LogP contribution < -0.4 is 9.47 Å². The van der Waals surface area contributed by atoms with Gasteiger partial charge in [-0.1, -0.05) is 24.3 Å². The number of halogens is 3. The van der Waals surface area contributed by atoms with Gasteiger partial charge in [0, 0.05) is 5.56 Å². The van der Waals surface area contributed by atoms with Crippen LogP contribution in [0, 0.1) is 11.3 Å². The van der Waals surface area contributed by atoms with Crippen LogP contribution in [0.1, 0.15) is 27.0 Å². The lowest BCUT2D eigenvalue weighted by Crippen LogP contribution is -2.10. The molecule has 0 saturated carbocycles. The summed E-state index contributed by atoms with van der Waals surface area (Å²) in [6, 6.07) is 19.4. The molecule has 0 saturated heterocycles. The van der Waals surface area contributed by atoms with Crippen LogP contribution in [0.4, 0.5) is 13.2 Å². The van der Waals surface area contributed by atoms with Crippen LogP contribution in [0.2, 0.25) is 0 Å². The number of esters is 1. The third kappa shape index (κ3) is 5.31. The second-order valence-electron chi connectivity index (χ2n) is 6.41. The zero-order chi connectivity index (χ0) is 22.4. The molecule has 0 fully saturated rings. The third-order valence-corrected chi connectivity index (χ3v) is 4.35. The Hall–Kier alpha value is -4.05. The fraction of sp³-hybridized carbons (Fsp3) is 0.0833. The molecule has 0 heterocycles. The van der Waals surface area contributed by atoms with Crippen molar-refractivity contribution in [2.75, 3.05) is 7.11 Å². The number of hydrogen-bond acceptors (Lipinski definition) is 4. The predicted octanol–water partition coefficient (Wildman–Crippen LogP) is 6.00. The minimum atomic E-state index is -4.48. The van der Waals surface area contributed by atoms with Crippen molar-refractivity contribution in [2.45, 2.75) is 6.18 Å². The van der Waals surface area contributed by atoms with Crippen molar-refractivity contribution in [2.24, 2.45) is 0 Å². The van der Waals surface area contributed by atoms with Crippen molar-refractivity contribution in [3.63, 3.8) is 0 Å². The standard InChI is InChI=1S/C24H16F3NO3/c1-30-22-8-3-2-7-21(22)18(15-28)13-16-5-4-6-20(14-16)31-23(29)17-9-11-19(12-10-17)24(25,26)27/h2-14H,1H3/b18-13-. The Morgan fingerprint density at radius 1 is 1.00 bits per heavy atom. The Morgan fingerprint density at radius 2 is 1.71 bits per heavy atom. The van der Waals surface area contributed by atoms with Gasteiger partial charge in [-0.3, -0.25) is 0 Å². The molecule has 0 N–H and O–H groups in total. The van der Waals surface area contributed by atoms with E-state index in [0.29, 0.717) is 22.4 Å². The molecule has 4 nitrogen and oxygen atoms in total. The topological polar surface area (TPSA) is 59.3 Å². The summed E-state index contributed by atoms with van der Waals surface area (Å²) in [4.78, 5) is 12.3. The van der Waals surface area contributed by atoms with E-state index < -0.39 is 17.7 Å². The highest BCUT2D eigenvalue weighted by Gasteiger charge is 2.30. The highest BCUT2D eigenvalue weighted by atomic mass is 19.4. The van der Waals surface area contributed by atoms with E-state index in [1.54, 1.807) is 48.5 Å². The number of methoxy groups -OCH3 is 1. The second-order valence-corrected chi connectivity index (χ2v) is 6.41. The van der Waals surface area contributed by atoms with E-state index in [0.717, 1.165) is 24.3 Å². The van der Waals surface area contributed by atoms with Gasteiger partial charge in [-0.2, -0.15) is 18.4 Å². The highest BCUT2D eigenvalue weighted by Crippen LogP contribution is 2.30. The van der Waals surface area contributed by atoms with E-state index in [2.05, 4.69) is 6.07 Å². The monoisotopic (exact) mass is 423 g/mol. The van der Waals surface area contributed by atoms with Crippen LogP contribution in [-0.4, -0.2) is 13.1 Å². The lowest BCUT2D eigenvalue weighted by atomic mass is 10.0. The number of nitriles is 1. The average Bonchev–Trinajstić information content (AvgIpc) is 2.77. The lowest BCUT2D eigenvalue weighted by molar-refractivity contribution is -0.137. The van der Waals surface area contributed by atoms with Crippen molar-refractivity contribution >= 4 is 17.6 Å². The number of alkyl halides is 3. The molecule has 0 atom stereocenters. The molecule has 0 radical (unpaired) electrons. The molecule has 0 aliphatic heterocycles. The first-order chi connectivity index (χ1) is 14.8. The van der Waals surface area contributed by atoms with Crippen molar-refractivity contribution in [3.8, 4) is 17.6 Å². The first kappa shape index (κ1) is 21.7. The van der Waals surface area contributed by atoms with Crippen LogP contribution in [0.5, 0.6) is 11.5 Å². The van der Waals surface area contributed by atoms with Gasteiger partial charge in [0.1, 0.15) is 11.5 Å². The maximum absolute atomic E-state index is 12.7. The summed E-state index contributed by atoms with van der Waals surface area (Å²) in [5.41, 5.74) is 0.695. The molecule has 0 aliphatic rings. The Labute approximate surface area is 176 Å². The number of para-hydroxylation sites is 1. The summed E-state index contributed by atoms with van der Waals surface area (Å²) >= 11 is 0. The quantitative estimate of drug-likeness (QED) is 0.219. The number of ether oxygens (including phenoxy) is 2. The summed E-state index contributed by atoms with van der Waals surface area (Å²) in [5, 5.41) is 9.56. The zero-order valence-corrected chi connectivity index (χ0v) is 16.3. The fourth-order valence-electron chi connectivity index (χ4n) is 2.83. The van der Waals surface area contributed by atoms with E-state index in [9.17, 15) is 23.2 Å². The first-order valence-corrected chi connectivity index (χ1v) is 9.06. The van der Waals surface area contributed by atoms with E-state index in [1.807, 2.05) is 0 Å². The van der Waals surface area contributed by atoms with E-state index in [4.69, 9.17) is 9.47 Å². The highest BCUT2D eigenvalue weighted by molar-refractivity contribution is 5.93. The molecular formula is C24H16F3NO3. The average molecular weight is 423 g/mol. The van der Waals surface area contributed by atoms with E-state index in [1.165, 1.54) is 13.2 Å². The molecule has 3 aromatic carbocycles. The van der Waals surface area contributed by atoms with Gasteiger partial charge in [-0.05, 0) is 60.2 Å².